The van der Waals surface area contributed by atoms with Crippen LogP contribution in [0.4, 0.5) is 10.8 Å². The number of benzene rings is 1. The molecule has 0 atom stereocenters. The van der Waals surface area contributed by atoms with E-state index < -0.39 is 0 Å². The molecule has 1 aromatic carbocycles. The van der Waals surface area contributed by atoms with Gasteiger partial charge in [0, 0.05) is 17.3 Å². The summed E-state index contributed by atoms with van der Waals surface area (Å²) in [6, 6.07) is 6.48. The quantitative estimate of drug-likeness (QED) is 0.882. The molecule has 1 aliphatic rings. The lowest BCUT2D eigenvalue weighted by Gasteiger charge is -2.34. The Hall–Kier alpha value is -1.92. The predicted molar refractivity (Wildman–Crippen MR) is 94.4 cm³/mol. The van der Waals surface area contributed by atoms with E-state index in [0.717, 1.165) is 26.2 Å². The highest BCUT2D eigenvalue weighted by atomic mass is 32.1. The van der Waals surface area contributed by atoms with Crippen molar-refractivity contribution in [1.29, 1.82) is 0 Å². The highest BCUT2D eigenvalue weighted by molar-refractivity contribution is 7.13. The van der Waals surface area contributed by atoms with Crippen LogP contribution in [0.5, 0.6) is 0 Å². The van der Waals surface area contributed by atoms with E-state index in [-0.39, 0.29) is 5.91 Å². The summed E-state index contributed by atoms with van der Waals surface area (Å²) in [5.41, 5.74) is 4.02. The van der Waals surface area contributed by atoms with Gasteiger partial charge < -0.3 is 9.80 Å². The molecule has 5 nitrogen and oxygen atoms in total. The molecule has 6 heteroatoms. The molecule has 1 fully saturated rings. The van der Waals surface area contributed by atoms with Crippen LogP contribution in [0.1, 0.15) is 11.1 Å². The zero-order valence-electron chi connectivity index (χ0n) is 13.6. The zero-order valence-corrected chi connectivity index (χ0v) is 14.4. The van der Waals surface area contributed by atoms with Crippen LogP contribution in [0, 0.1) is 13.8 Å². The van der Waals surface area contributed by atoms with Gasteiger partial charge in [-0.2, -0.15) is 0 Å². The van der Waals surface area contributed by atoms with Gasteiger partial charge in [0.05, 0.1) is 26.2 Å². The van der Waals surface area contributed by atoms with Crippen molar-refractivity contribution < 1.29 is 9.69 Å². The fourth-order valence-electron chi connectivity index (χ4n) is 2.99. The molecule has 1 aromatic heterocycles. The lowest BCUT2D eigenvalue weighted by atomic mass is 10.1. The minimum Gasteiger partial charge on any atom is -0.360 e. The Kier molecular flexibility index (Phi) is 4.93. The first-order valence-corrected chi connectivity index (χ1v) is 8.85. The van der Waals surface area contributed by atoms with E-state index in [2.05, 4.69) is 47.2 Å². The Balaban J connectivity index is 1.52. The number of carbonyl (C=O) groups excluding carboxylic acids is 1. The van der Waals surface area contributed by atoms with Crippen LogP contribution in [0.3, 0.4) is 0 Å². The average molecular weight is 331 g/mol. The largest absolute Gasteiger partial charge is 0.360 e. The van der Waals surface area contributed by atoms with Crippen molar-refractivity contribution in [2.75, 3.05) is 42.9 Å². The SMILES string of the molecule is Cc1cccc(N2CC[NH+](CC(=O)Nc3nccs3)CC2)c1C. The van der Waals surface area contributed by atoms with Gasteiger partial charge in [-0.05, 0) is 31.0 Å². The lowest BCUT2D eigenvalue weighted by Crippen LogP contribution is -3.15. The summed E-state index contributed by atoms with van der Waals surface area (Å²) in [5, 5.41) is 5.41. The Bertz CT molecular complexity index is 663. The molecule has 0 aliphatic carbocycles. The molecule has 1 aliphatic heterocycles. The molecule has 2 N–H and O–H groups in total. The summed E-state index contributed by atoms with van der Waals surface area (Å²) in [4.78, 5) is 19.9. The van der Waals surface area contributed by atoms with Crippen molar-refractivity contribution in [1.82, 2.24) is 4.98 Å². The Morgan fingerprint density at radius 2 is 2.13 bits per heavy atom. The number of nitrogens with zero attached hydrogens (tertiary/aromatic N) is 2. The highest BCUT2D eigenvalue weighted by Gasteiger charge is 2.23. The molecule has 0 bridgehead atoms. The lowest BCUT2D eigenvalue weighted by molar-refractivity contribution is -0.892. The number of piperazine rings is 1. The number of amides is 1. The predicted octanol–water partition coefficient (Wildman–Crippen LogP) is 1.10. The van der Waals surface area contributed by atoms with Crippen LogP contribution < -0.4 is 15.1 Å². The van der Waals surface area contributed by atoms with Crippen LogP contribution in [-0.2, 0) is 4.79 Å². The van der Waals surface area contributed by atoms with Gasteiger partial charge in [0.25, 0.3) is 5.91 Å². The zero-order chi connectivity index (χ0) is 16.2. The van der Waals surface area contributed by atoms with E-state index in [9.17, 15) is 4.79 Å². The monoisotopic (exact) mass is 331 g/mol. The molecule has 122 valence electrons. The molecule has 3 rings (SSSR count). The van der Waals surface area contributed by atoms with Crippen LogP contribution in [0.25, 0.3) is 0 Å². The van der Waals surface area contributed by atoms with E-state index in [1.165, 1.54) is 33.1 Å². The van der Waals surface area contributed by atoms with E-state index in [1.807, 2.05) is 5.38 Å². The number of aryl methyl sites for hydroxylation is 1. The number of aromatic nitrogens is 1. The Morgan fingerprint density at radius 1 is 1.35 bits per heavy atom. The minimum atomic E-state index is 0.0511. The van der Waals surface area contributed by atoms with Gasteiger partial charge in [-0.3, -0.25) is 10.1 Å². The third-order valence-electron chi connectivity index (χ3n) is 4.48. The number of carbonyl (C=O) groups is 1. The van der Waals surface area contributed by atoms with Gasteiger partial charge in [-0.25, -0.2) is 4.98 Å². The summed E-state index contributed by atoms with van der Waals surface area (Å²) in [6.45, 7) is 8.81. The minimum absolute atomic E-state index is 0.0511. The van der Waals surface area contributed by atoms with Gasteiger partial charge in [0.1, 0.15) is 0 Å². The first-order valence-electron chi connectivity index (χ1n) is 7.97. The van der Waals surface area contributed by atoms with Crippen molar-refractivity contribution in [2.24, 2.45) is 0 Å². The van der Waals surface area contributed by atoms with E-state index >= 15 is 0 Å². The number of anilines is 2. The van der Waals surface area contributed by atoms with Gasteiger partial charge in [-0.1, -0.05) is 12.1 Å². The fourth-order valence-corrected chi connectivity index (χ4v) is 3.54. The number of hydrogen-bond acceptors (Lipinski definition) is 4. The molecule has 23 heavy (non-hydrogen) atoms. The number of hydrogen-bond donors (Lipinski definition) is 2. The van der Waals surface area contributed by atoms with Crippen molar-refractivity contribution in [3.63, 3.8) is 0 Å². The summed E-state index contributed by atoms with van der Waals surface area (Å²) in [6.07, 6.45) is 1.70. The second-order valence-corrected chi connectivity index (χ2v) is 6.91. The maximum atomic E-state index is 12.1. The topological polar surface area (TPSA) is 49.7 Å². The molecule has 2 heterocycles. The summed E-state index contributed by atoms with van der Waals surface area (Å²) >= 11 is 1.45. The first-order chi connectivity index (χ1) is 11.1. The Labute approximate surface area is 140 Å². The second-order valence-electron chi connectivity index (χ2n) is 6.02. The number of nitrogens with one attached hydrogen (secondary N) is 2. The number of thiazole rings is 1. The highest BCUT2D eigenvalue weighted by Crippen LogP contribution is 2.22. The van der Waals surface area contributed by atoms with Crippen molar-refractivity contribution in [3.8, 4) is 0 Å². The molecule has 0 saturated carbocycles. The maximum Gasteiger partial charge on any atom is 0.281 e. The standard InChI is InChI=1S/C17H22N4OS/c1-13-4-3-5-15(14(13)2)21-9-7-20(8-10-21)12-16(22)19-17-18-6-11-23-17/h3-6,11H,7-10,12H2,1-2H3,(H,18,19,22)/p+1. The van der Waals surface area contributed by atoms with E-state index in [0.29, 0.717) is 11.7 Å². The van der Waals surface area contributed by atoms with Crippen LogP contribution in [0.2, 0.25) is 0 Å². The number of rotatable bonds is 4. The molecule has 0 spiro atoms. The normalized spacial score (nSPS) is 15.7. The van der Waals surface area contributed by atoms with Crippen LogP contribution in [0.15, 0.2) is 29.8 Å². The Morgan fingerprint density at radius 3 is 2.83 bits per heavy atom. The van der Waals surface area contributed by atoms with Crippen molar-refractivity contribution in [2.45, 2.75) is 13.8 Å². The van der Waals surface area contributed by atoms with Crippen molar-refractivity contribution >= 4 is 28.1 Å². The molecule has 2 aromatic rings. The number of quaternary nitrogens is 1. The van der Waals surface area contributed by atoms with E-state index in [1.54, 1.807) is 6.20 Å². The summed E-state index contributed by atoms with van der Waals surface area (Å²) in [7, 11) is 0. The fraction of sp³-hybridized carbons (Fsp3) is 0.412. The van der Waals surface area contributed by atoms with Gasteiger partial charge in [0.15, 0.2) is 11.7 Å². The first kappa shape index (κ1) is 16.0. The average Bonchev–Trinajstić information content (AvgIpc) is 3.04. The third kappa shape index (κ3) is 3.89. The third-order valence-corrected chi connectivity index (χ3v) is 5.17. The molecule has 0 unspecified atom stereocenters. The molecular weight excluding hydrogens is 308 g/mol. The van der Waals surface area contributed by atoms with Crippen LogP contribution >= 0.6 is 11.3 Å². The molecule has 1 amide bonds. The summed E-state index contributed by atoms with van der Waals surface area (Å²) in [5.74, 6) is 0.0511. The smallest absolute Gasteiger partial charge is 0.281 e. The second kappa shape index (κ2) is 7.10. The van der Waals surface area contributed by atoms with E-state index in [4.69, 9.17) is 0 Å². The van der Waals surface area contributed by atoms with Gasteiger partial charge in [0.2, 0.25) is 0 Å². The molecule has 1 saturated heterocycles. The van der Waals surface area contributed by atoms with Crippen molar-refractivity contribution in [3.05, 3.63) is 40.9 Å². The molecular formula is C17H23N4OS+. The van der Waals surface area contributed by atoms with Gasteiger partial charge >= 0.3 is 0 Å². The summed E-state index contributed by atoms with van der Waals surface area (Å²) < 4.78 is 0. The molecule has 0 radical (unpaired) electrons. The van der Waals surface area contributed by atoms with Gasteiger partial charge in [-0.15, -0.1) is 11.3 Å². The maximum absolute atomic E-state index is 12.1. The van der Waals surface area contributed by atoms with Crippen LogP contribution in [-0.4, -0.2) is 43.6 Å².